The molecule has 2 saturated heterocycles. The summed E-state index contributed by atoms with van der Waals surface area (Å²) >= 11 is 0. The van der Waals surface area contributed by atoms with Crippen molar-refractivity contribution < 1.29 is 22.7 Å². The molecule has 2 aliphatic rings. The minimum Gasteiger partial charge on any atom is -0.497 e. The number of nitrogens with zero attached hydrogens (tertiary/aromatic N) is 3. The third-order valence-electron chi connectivity index (χ3n) is 6.22. The molecule has 0 bridgehead atoms. The van der Waals surface area contributed by atoms with E-state index >= 15 is 0 Å². The molecule has 4 rings (SSSR count). The van der Waals surface area contributed by atoms with E-state index in [4.69, 9.17) is 14.3 Å². The Balaban J connectivity index is 1.49. The Morgan fingerprint density at radius 2 is 1.59 bits per heavy atom. The number of ether oxygens (including phenoxy) is 2. The molecule has 174 valence electrons. The molecule has 0 saturated carbocycles. The van der Waals surface area contributed by atoms with E-state index in [0.29, 0.717) is 37.7 Å². The fourth-order valence-corrected chi connectivity index (χ4v) is 6.39. The number of sulfonamides is 1. The van der Waals surface area contributed by atoms with E-state index in [-0.39, 0.29) is 6.61 Å². The highest BCUT2D eigenvalue weighted by Gasteiger charge is 2.46. The Kier molecular flexibility index (Phi) is 7.02. The lowest BCUT2D eigenvalue weighted by molar-refractivity contribution is -0.110. The van der Waals surface area contributed by atoms with E-state index in [1.807, 2.05) is 30.3 Å². The van der Waals surface area contributed by atoms with Crippen LogP contribution in [0.5, 0.6) is 11.5 Å². The van der Waals surface area contributed by atoms with Crippen LogP contribution in [-0.2, 0) is 21.4 Å². The van der Waals surface area contributed by atoms with Crippen molar-refractivity contribution >= 4 is 10.0 Å². The Morgan fingerprint density at radius 1 is 0.969 bits per heavy atom. The standard InChI is InChI=1S/C23H31N3O5S/c1-24-23(19-13-20(29-2)15-21(14-19)30-3)22(17-31-24)32(27,28)26-11-9-25(10-12-26)16-18-7-5-4-6-8-18/h4-8,13-15,22-23H,9-12,16-17H2,1-3H3. The minimum absolute atomic E-state index is 0.118. The van der Waals surface area contributed by atoms with Crippen LogP contribution in [0.15, 0.2) is 48.5 Å². The lowest BCUT2D eigenvalue weighted by Crippen LogP contribution is -2.51. The first-order valence-corrected chi connectivity index (χ1v) is 12.3. The predicted molar refractivity (Wildman–Crippen MR) is 122 cm³/mol. The van der Waals surface area contributed by atoms with Gasteiger partial charge in [0.15, 0.2) is 0 Å². The van der Waals surface area contributed by atoms with Crippen molar-refractivity contribution in [2.75, 3.05) is 54.1 Å². The molecule has 8 nitrogen and oxygen atoms in total. The smallest absolute Gasteiger partial charge is 0.221 e. The summed E-state index contributed by atoms with van der Waals surface area (Å²) in [6.07, 6.45) is 0. The van der Waals surface area contributed by atoms with Crippen LogP contribution in [0, 0.1) is 0 Å². The van der Waals surface area contributed by atoms with Crippen LogP contribution in [0.1, 0.15) is 17.2 Å². The Morgan fingerprint density at radius 3 is 2.19 bits per heavy atom. The van der Waals surface area contributed by atoms with Gasteiger partial charge in [0, 0.05) is 45.8 Å². The van der Waals surface area contributed by atoms with E-state index in [9.17, 15) is 8.42 Å². The molecule has 2 fully saturated rings. The van der Waals surface area contributed by atoms with Gasteiger partial charge in [0.1, 0.15) is 16.7 Å². The van der Waals surface area contributed by atoms with Gasteiger partial charge in [-0.3, -0.25) is 9.74 Å². The number of hydroxylamine groups is 2. The summed E-state index contributed by atoms with van der Waals surface area (Å²) in [5.41, 5.74) is 2.03. The number of hydrogen-bond acceptors (Lipinski definition) is 7. The second kappa shape index (κ2) is 9.76. The molecule has 2 unspecified atom stereocenters. The molecule has 0 spiro atoms. The van der Waals surface area contributed by atoms with Gasteiger partial charge in [0.25, 0.3) is 0 Å². The molecule has 2 aromatic rings. The van der Waals surface area contributed by atoms with Crippen molar-refractivity contribution in [2.45, 2.75) is 17.8 Å². The molecular formula is C23H31N3O5S. The van der Waals surface area contributed by atoms with Crippen LogP contribution in [-0.4, -0.2) is 82.0 Å². The molecule has 2 heterocycles. The quantitative estimate of drug-likeness (QED) is 0.626. The molecule has 0 radical (unpaired) electrons. The third-order valence-corrected chi connectivity index (χ3v) is 8.47. The van der Waals surface area contributed by atoms with E-state index < -0.39 is 21.3 Å². The van der Waals surface area contributed by atoms with Gasteiger partial charge in [-0.1, -0.05) is 30.3 Å². The fraction of sp³-hybridized carbons (Fsp3) is 0.478. The molecule has 2 aromatic carbocycles. The number of methoxy groups -OCH3 is 2. The average Bonchev–Trinajstić information content (AvgIpc) is 3.22. The first-order valence-electron chi connectivity index (χ1n) is 10.8. The van der Waals surface area contributed by atoms with Crippen LogP contribution in [0.4, 0.5) is 0 Å². The van der Waals surface area contributed by atoms with Gasteiger partial charge in [-0.15, -0.1) is 0 Å². The van der Waals surface area contributed by atoms with Gasteiger partial charge in [-0.05, 0) is 23.3 Å². The van der Waals surface area contributed by atoms with Crippen LogP contribution in [0.3, 0.4) is 0 Å². The summed E-state index contributed by atoms with van der Waals surface area (Å²) in [7, 11) is 1.36. The Labute approximate surface area is 190 Å². The number of rotatable bonds is 7. The van der Waals surface area contributed by atoms with Crippen molar-refractivity contribution in [3.63, 3.8) is 0 Å². The molecule has 0 aromatic heterocycles. The fourth-order valence-electron chi connectivity index (χ4n) is 4.45. The highest BCUT2D eigenvalue weighted by Crippen LogP contribution is 2.38. The second-order valence-corrected chi connectivity index (χ2v) is 10.3. The van der Waals surface area contributed by atoms with Crippen molar-refractivity contribution in [3.05, 3.63) is 59.7 Å². The Bertz CT molecular complexity index is 987. The maximum absolute atomic E-state index is 13.6. The van der Waals surface area contributed by atoms with Crippen molar-refractivity contribution in [1.82, 2.24) is 14.3 Å². The zero-order valence-electron chi connectivity index (χ0n) is 18.8. The topological polar surface area (TPSA) is 71.5 Å². The van der Waals surface area contributed by atoms with E-state index in [2.05, 4.69) is 17.0 Å². The van der Waals surface area contributed by atoms with E-state index in [1.165, 1.54) is 5.56 Å². The molecule has 0 N–H and O–H groups in total. The largest absolute Gasteiger partial charge is 0.497 e. The van der Waals surface area contributed by atoms with Crippen LogP contribution in [0.25, 0.3) is 0 Å². The lowest BCUT2D eigenvalue weighted by Gasteiger charge is -2.36. The normalized spacial score (nSPS) is 23.3. The van der Waals surface area contributed by atoms with Crippen LogP contribution in [0.2, 0.25) is 0 Å². The molecule has 0 amide bonds. The minimum atomic E-state index is -3.57. The number of hydrogen-bond donors (Lipinski definition) is 0. The number of piperazine rings is 1. The maximum Gasteiger partial charge on any atom is 0.221 e. The maximum atomic E-state index is 13.6. The second-order valence-electron chi connectivity index (χ2n) is 8.18. The first-order chi connectivity index (χ1) is 15.4. The summed E-state index contributed by atoms with van der Waals surface area (Å²) in [4.78, 5) is 7.99. The highest BCUT2D eigenvalue weighted by molar-refractivity contribution is 7.89. The molecule has 2 atom stereocenters. The van der Waals surface area contributed by atoms with Gasteiger partial charge in [-0.2, -0.15) is 9.37 Å². The van der Waals surface area contributed by atoms with E-state index in [0.717, 1.165) is 12.1 Å². The zero-order chi connectivity index (χ0) is 22.7. The first kappa shape index (κ1) is 23.0. The molecular weight excluding hydrogens is 430 g/mol. The molecule has 32 heavy (non-hydrogen) atoms. The summed E-state index contributed by atoms with van der Waals surface area (Å²) in [6, 6.07) is 15.3. The SMILES string of the molecule is COc1cc(OC)cc(C2C(S(=O)(=O)N3CCN(Cc4ccccc4)CC3)CON2C)c1. The van der Waals surface area contributed by atoms with E-state index in [1.54, 1.807) is 36.7 Å². The van der Waals surface area contributed by atoms with Gasteiger partial charge in [0.2, 0.25) is 10.0 Å². The summed E-state index contributed by atoms with van der Waals surface area (Å²) < 4.78 is 39.6. The number of benzene rings is 2. The third kappa shape index (κ3) is 4.77. The summed E-state index contributed by atoms with van der Waals surface area (Å²) in [5.74, 6) is 1.23. The molecule has 9 heteroatoms. The lowest BCUT2D eigenvalue weighted by atomic mass is 10.0. The zero-order valence-corrected chi connectivity index (χ0v) is 19.6. The van der Waals surface area contributed by atoms with Crippen LogP contribution >= 0.6 is 0 Å². The summed E-state index contributed by atoms with van der Waals surface area (Å²) in [6.45, 7) is 3.31. The Hall–Kier alpha value is -2.17. The van der Waals surface area contributed by atoms with Gasteiger partial charge >= 0.3 is 0 Å². The predicted octanol–water partition coefficient (Wildman–Crippen LogP) is 2.14. The molecule has 0 aliphatic carbocycles. The van der Waals surface area contributed by atoms with Gasteiger partial charge < -0.3 is 9.47 Å². The summed E-state index contributed by atoms with van der Waals surface area (Å²) in [5, 5.41) is 0.923. The van der Waals surface area contributed by atoms with Crippen LogP contribution < -0.4 is 9.47 Å². The highest BCUT2D eigenvalue weighted by atomic mass is 32.2. The van der Waals surface area contributed by atoms with Gasteiger partial charge in [0.05, 0.1) is 26.9 Å². The molecule has 2 aliphatic heterocycles. The van der Waals surface area contributed by atoms with Crippen molar-refractivity contribution in [2.24, 2.45) is 0 Å². The van der Waals surface area contributed by atoms with Gasteiger partial charge in [-0.25, -0.2) is 8.42 Å². The monoisotopic (exact) mass is 461 g/mol. The van der Waals surface area contributed by atoms with Crippen molar-refractivity contribution in [3.8, 4) is 11.5 Å². The average molecular weight is 462 g/mol. The van der Waals surface area contributed by atoms with Crippen molar-refractivity contribution in [1.29, 1.82) is 0 Å².